The molecule has 0 saturated carbocycles. The molecular weight excluding hydrogens is 598 g/mol. The van der Waals surface area contributed by atoms with Crippen molar-refractivity contribution in [3.63, 3.8) is 0 Å². The van der Waals surface area contributed by atoms with E-state index in [2.05, 4.69) is 13.0 Å². The highest BCUT2D eigenvalue weighted by Crippen LogP contribution is 2.47. The van der Waals surface area contributed by atoms with Crippen molar-refractivity contribution in [3.8, 4) is 11.5 Å². The lowest BCUT2D eigenvalue weighted by Crippen LogP contribution is -2.40. The number of hydrogen-bond acceptors (Lipinski definition) is 7. The number of hydrogen-bond donors (Lipinski definition) is 3. The number of rotatable bonds is 12. The van der Waals surface area contributed by atoms with Crippen molar-refractivity contribution in [2.24, 2.45) is 17.8 Å². The predicted molar refractivity (Wildman–Crippen MR) is 180 cm³/mol. The van der Waals surface area contributed by atoms with Crippen molar-refractivity contribution in [2.45, 2.75) is 45.3 Å². The molecule has 3 N–H and O–H groups in total. The summed E-state index contributed by atoms with van der Waals surface area (Å²) < 4.78 is 6.13. The lowest BCUT2D eigenvalue weighted by molar-refractivity contribution is -0.140. The summed E-state index contributed by atoms with van der Waals surface area (Å²) in [4.78, 5) is 29.7. The van der Waals surface area contributed by atoms with Gasteiger partial charge in [0.2, 0.25) is 11.8 Å². The molecule has 238 valence electrons. The molecule has 7 nitrogen and oxygen atoms in total. The van der Waals surface area contributed by atoms with Crippen molar-refractivity contribution in [1.29, 1.82) is 0 Å². The van der Waals surface area contributed by atoms with Gasteiger partial charge in [-0.2, -0.15) is 0 Å². The molecule has 0 spiro atoms. The number of phenolic OH excluding ortho intramolecular Hbond substituents is 1. The Morgan fingerprint density at radius 2 is 1.76 bits per heavy atom. The van der Waals surface area contributed by atoms with Gasteiger partial charge in [0.25, 0.3) is 0 Å². The molecule has 0 bridgehead atoms. The molecule has 0 unspecified atom stereocenters. The highest BCUT2D eigenvalue weighted by molar-refractivity contribution is 7.09. The molecule has 6 rings (SSSR count). The van der Waals surface area contributed by atoms with Crippen LogP contribution in [0.4, 0.5) is 0 Å². The van der Waals surface area contributed by atoms with Gasteiger partial charge in [0.1, 0.15) is 18.1 Å². The lowest BCUT2D eigenvalue weighted by Gasteiger charge is -2.36. The topological polar surface area (TPSA) is 107 Å². The standard InChI is InChI=1S/C38H39NO6S/c1-2-24(19-25-15-17-33(41)30-13-7-6-12-29(25)30)14-16-34(42)35-26(23-45-27-9-4-3-5-10-27)20-31-36(32(35)22-40)38(44)39(37(31)43)21-28-11-8-18-46-28/h3-13,15,17-19,31-32,34,36,40-42H,2,14,16,20-23H2,1H3/b24-19+/t31-,32+,34-,36-/m1/s1. The molecule has 8 heteroatoms. The summed E-state index contributed by atoms with van der Waals surface area (Å²) in [5.74, 6) is -1.65. The molecule has 4 atom stereocenters. The Morgan fingerprint density at radius 3 is 2.48 bits per heavy atom. The Morgan fingerprint density at radius 1 is 1.00 bits per heavy atom. The fourth-order valence-corrected chi connectivity index (χ4v) is 7.73. The number of carbonyl (C=O) groups excluding carboxylic acids is 2. The minimum Gasteiger partial charge on any atom is -0.507 e. The molecule has 3 aromatic carbocycles. The zero-order valence-electron chi connectivity index (χ0n) is 25.8. The van der Waals surface area contributed by atoms with E-state index in [-0.39, 0.29) is 37.3 Å². The van der Waals surface area contributed by atoms with Crippen LogP contribution in [0.15, 0.2) is 101 Å². The average molecular weight is 638 g/mol. The largest absolute Gasteiger partial charge is 0.507 e. The second kappa shape index (κ2) is 14.0. The number of aliphatic hydroxyl groups excluding tert-OH is 2. The first kappa shape index (κ1) is 31.7. The molecule has 4 aromatic rings. The van der Waals surface area contributed by atoms with Crippen LogP contribution in [0.2, 0.25) is 0 Å². The molecule has 2 heterocycles. The molecule has 1 aromatic heterocycles. The highest BCUT2D eigenvalue weighted by atomic mass is 32.1. The van der Waals surface area contributed by atoms with Crippen LogP contribution in [0.25, 0.3) is 16.8 Å². The maximum atomic E-state index is 13.8. The van der Waals surface area contributed by atoms with Gasteiger partial charge in [0.05, 0.1) is 31.1 Å². The van der Waals surface area contributed by atoms with E-state index >= 15 is 0 Å². The quantitative estimate of drug-likeness (QED) is 0.118. The molecular formula is C38H39NO6S. The van der Waals surface area contributed by atoms with Crippen LogP contribution in [0.3, 0.4) is 0 Å². The highest BCUT2D eigenvalue weighted by Gasteiger charge is 2.54. The number of nitrogens with zero attached hydrogens (tertiary/aromatic N) is 1. The van der Waals surface area contributed by atoms with E-state index in [1.807, 2.05) is 78.2 Å². The molecule has 1 saturated heterocycles. The number of aliphatic hydroxyl groups is 2. The number of likely N-dealkylation sites (tertiary alicyclic amines) is 1. The van der Waals surface area contributed by atoms with Gasteiger partial charge in [0, 0.05) is 16.2 Å². The zero-order valence-corrected chi connectivity index (χ0v) is 26.7. The normalized spacial score (nSPS) is 20.8. The smallest absolute Gasteiger partial charge is 0.234 e. The molecule has 1 fully saturated rings. The number of thiophene rings is 1. The second-order valence-electron chi connectivity index (χ2n) is 12.1. The fraction of sp³-hybridized carbons (Fsp3) is 0.316. The first-order valence-electron chi connectivity index (χ1n) is 15.9. The first-order valence-corrected chi connectivity index (χ1v) is 16.7. The molecule has 1 aliphatic carbocycles. The van der Waals surface area contributed by atoms with Gasteiger partial charge >= 0.3 is 0 Å². The Balaban J connectivity index is 1.28. The van der Waals surface area contributed by atoms with Gasteiger partial charge in [-0.05, 0) is 77.4 Å². The van der Waals surface area contributed by atoms with Gasteiger partial charge in [-0.15, -0.1) is 11.3 Å². The summed E-state index contributed by atoms with van der Waals surface area (Å²) in [5, 5.41) is 36.6. The third-order valence-electron chi connectivity index (χ3n) is 9.37. The van der Waals surface area contributed by atoms with E-state index in [1.54, 1.807) is 6.07 Å². The third-order valence-corrected chi connectivity index (χ3v) is 10.2. The molecule has 2 aliphatic rings. The average Bonchev–Trinajstić information content (AvgIpc) is 3.69. The van der Waals surface area contributed by atoms with E-state index in [0.717, 1.165) is 38.8 Å². The van der Waals surface area contributed by atoms with Crippen LogP contribution >= 0.6 is 11.3 Å². The maximum Gasteiger partial charge on any atom is 0.234 e. The number of amides is 2. The number of benzene rings is 3. The summed E-state index contributed by atoms with van der Waals surface area (Å²) in [5.41, 5.74) is 3.50. The van der Waals surface area contributed by atoms with Crippen LogP contribution in [0.1, 0.15) is 43.0 Å². The number of fused-ring (bicyclic) bond motifs is 2. The van der Waals surface area contributed by atoms with Crippen molar-refractivity contribution in [2.75, 3.05) is 13.2 Å². The van der Waals surface area contributed by atoms with Gasteiger partial charge in [-0.1, -0.05) is 73.2 Å². The summed E-state index contributed by atoms with van der Waals surface area (Å²) in [7, 11) is 0. The van der Waals surface area contributed by atoms with Crippen LogP contribution < -0.4 is 4.74 Å². The van der Waals surface area contributed by atoms with Gasteiger partial charge < -0.3 is 20.1 Å². The Hall–Kier alpha value is -4.24. The van der Waals surface area contributed by atoms with Crippen molar-refractivity contribution >= 4 is 40.0 Å². The number of aromatic hydroxyl groups is 1. The fourth-order valence-electron chi connectivity index (χ4n) is 7.04. The number of ether oxygens (including phenoxy) is 1. The zero-order chi connectivity index (χ0) is 32.2. The number of phenols is 1. The van der Waals surface area contributed by atoms with E-state index in [0.29, 0.717) is 30.6 Å². The second-order valence-corrected chi connectivity index (χ2v) is 13.1. The van der Waals surface area contributed by atoms with E-state index in [4.69, 9.17) is 4.74 Å². The van der Waals surface area contributed by atoms with Crippen LogP contribution in [0.5, 0.6) is 11.5 Å². The molecule has 0 radical (unpaired) electrons. The monoisotopic (exact) mass is 637 g/mol. The Bertz CT molecular complexity index is 1760. The van der Waals surface area contributed by atoms with Crippen molar-refractivity contribution in [3.05, 3.63) is 111 Å². The summed E-state index contributed by atoms with van der Waals surface area (Å²) in [6.07, 6.45) is 3.21. The van der Waals surface area contributed by atoms with Gasteiger partial charge in [-0.25, -0.2) is 0 Å². The van der Waals surface area contributed by atoms with E-state index < -0.39 is 23.9 Å². The minimum atomic E-state index is -0.937. The van der Waals surface area contributed by atoms with E-state index in [9.17, 15) is 24.9 Å². The molecule has 46 heavy (non-hydrogen) atoms. The van der Waals surface area contributed by atoms with E-state index in [1.165, 1.54) is 16.2 Å². The van der Waals surface area contributed by atoms with Crippen LogP contribution in [0, 0.1) is 17.8 Å². The summed E-state index contributed by atoms with van der Waals surface area (Å²) in [6.45, 7) is 2.08. The first-order chi connectivity index (χ1) is 22.4. The van der Waals surface area contributed by atoms with Gasteiger partial charge in [0.15, 0.2) is 0 Å². The number of carbonyl (C=O) groups is 2. The number of allylic oxidation sites excluding steroid dienone is 1. The summed E-state index contributed by atoms with van der Waals surface area (Å²) >= 11 is 1.49. The SMILES string of the molecule is CC/C(=C\c1ccc(O)c2ccccc12)CC[C@@H](O)C1=C(COc2ccccc2)C[C@H]2C(=O)N(Cc3cccs3)C(=O)[C@H]2[C@H]1CO. The van der Waals surface area contributed by atoms with Crippen molar-refractivity contribution in [1.82, 2.24) is 4.90 Å². The Kier molecular flexibility index (Phi) is 9.68. The predicted octanol–water partition coefficient (Wildman–Crippen LogP) is 6.73. The Labute approximate surface area is 273 Å². The van der Waals surface area contributed by atoms with Gasteiger partial charge in [-0.3, -0.25) is 14.5 Å². The maximum absolute atomic E-state index is 13.8. The number of imide groups is 1. The van der Waals surface area contributed by atoms with Crippen LogP contribution in [-0.4, -0.2) is 51.4 Å². The minimum absolute atomic E-state index is 0.151. The van der Waals surface area contributed by atoms with Crippen molar-refractivity contribution < 1.29 is 29.6 Å². The lowest BCUT2D eigenvalue weighted by atomic mass is 9.68. The molecule has 1 aliphatic heterocycles. The molecule has 2 amide bonds. The third kappa shape index (κ3) is 6.38. The van der Waals surface area contributed by atoms with Crippen LogP contribution in [-0.2, 0) is 16.1 Å². The summed E-state index contributed by atoms with van der Waals surface area (Å²) in [6, 6.07) is 24.5. The number of para-hydroxylation sites is 1.